The summed E-state index contributed by atoms with van der Waals surface area (Å²) in [4.78, 5) is 37.6. The molecule has 0 bridgehead atoms. The highest BCUT2D eigenvalue weighted by Crippen LogP contribution is 2.13. The molecule has 1 aromatic heterocycles. The van der Waals surface area contributed by atoms with E-state index < -0.39 is 17.8 Å². The van der Waals surface area contributed by atoms with Gasteiger partial charge in [-0.25, -0.2) is 9.78 Å². The molecule has 1 rings (SSSR count). The van der Waals surface area contributed by atoms with Crippen molar-refractivity contribution in [2.24, 2.45) is 0 Å². The van der Waals surface area contributed by atoms with Gasteiger partial charge in [-0.05, 0) is 25.5 Å². The Kier molecular flexibility index (Phi) is 6.15. The zero-order valence-electron chi connectivity index (χ0n) is 11.1. The van der Waals surface area contributed by atoms with Gasteiger partial charge in [0.15, 0.2) is 0 Å². The van der Waals surface area contributed by atoms with Crippen molar-refractivity contribution >= 4 is 23.7 Å². The van der Waals surface area contributed by atoms with Crippen LogP contribution >= 0.6 is 0 Å². The van der Waals surface area contributed by atoms with Crippen LogP contribution in [0.4, 0.5) is 5.82 Å². The topological polar surface area (TPSA) is 106 Å². The Labute approximate surface area is 116 Å². The van der Waals surface area contributed by atoms with E-state index in [0.29, 0.717) is 0 Å². The number of nitrogens with one attached hydrogen (secondary N) is 1. The normalized spacial score (nSPS) is 9.85. The average Bonchev–Trinajstić information content (AvgIpc) is 2.39. The fraction of sp³-hybridized carbons (Fsp3) is 0.385. The smallest absolute Gasteiger partial charge is 0.341 e. The number of hydrogen-bond acceptors (Lipinski definition) is 5. The highest BCUT2D eigenvalue weighted by molar-refractivity contribution is 6.00. The number of aromatic nitrogens is 1. The molecular formula is C13H16N2O5. The first-order valence-electron chi connectivity index (χ1n) is 6.18. The molecule has 0 saturated carbocycles. The molecule has 0 aliphatic rings. The second-order valence-corrected chi connectivity index (χ2v) is 3.92. The van der Waals surface area contributed by atoms with Crippen molar-refractivity contribution in [3.8, 4) is 0 Å². The van der Waals surface area contributed by atoms with Crippen molar-refractivity contribution in [2.45, 2.75) is 26.2 Å². The summed E-state index contributed by atoms with van der Waals surface area (Å²) in [7, 11) is 0. The molecule has 0 fully saturated rings. The Bertz CT molecular complexity index is 501. The number of carbonyl (C=O) groups excluding carboxylic acids is 2. The summed E-state index contributed by atoms with van der Waals surface area (Å²) in [5.41, 5.74) is 0.168. The molecule has 1 aromatic rings. The molecule has 1 heterocycles. The molecule has 0 spiro atoms. The summed E-state index contributed by atoms with van der Waals surface area (Å²) in [6, 6.07) is 3.06. The van der Waals surface area contributed by atoms with Crippen LogP contribution in [0.25, 0.3) is 0 Å². The summed E-state index contributed by atoms with van der Waals surface area (Å²) in [6.07, 6.45) is 1.63. The predicted octanol–water partition coefficient (Wildman–Crippen LogP) is 1.45. The van der Waals surface area contributed by atoms with Gasteiger partial charge in [0.2, 0.25) is 5.91 Å². The van der Waals surface area contributed by atoms with E-state index in [1.165, 1.54) is 12.3 Å². The highest BCUT2D eigenvalue weighted by atomic mass is 16.5. The quantitative estimate of drug-likeness (QED) is 0.732. The van der Waals surface area contributed by atoms with Gasteiger partial charge in [0.05, 0.1) is 6.61 Å². The lowest BCUT2D eigenvalue weighted by Crippen LogP contribution is -2.17. The molecule has 1 amide bonds. The third kappa shape index (κ3) is 5.05. The van der Waals surface area contributed by atoms with E-state index in [1.54, 1.807) is 13.0 Å². The van der Waals surface area contributed by atoms with Gasteiger partial charge in [0, 0.05) is 19.0 Å². The molecule has 0 aliphatic heterocycles. The summed E-state index contributed by atoms with van der Waals surface area (Å²) in [5.74, 6) is -1.80. The van der Waals surface area contributed by atoms with E-state index in [0.717, 1.165) is 0 Å². The van der Waals surface area contributed by atoms with Crippen molar-refractivity contribution in [3.63, 3.8) is 0 Å². The number of aliphatic carboxylic acids is 1. The number of carboxylic acids is 1. The largest absolute Gasteiger partial charge is 0.481 e. The number of pyridine rings is 1. The number of carbonyl (C=O) groups is 3. The molecule has 0 radical (unpaired) electrons. The first-order valence-corrected chi connectivity index (χ1v) is 6.18. The third-order valence-electron chi connectivity index (χ3n) is 2.36. The maximum absolute atomic E-state index is 11.7. The predicted molar refractivity (Wildman–Crippen MR) is 70.3 cm³/mol. The van der Waals surface area contributed by atoms with E-state index in [4.69, 9.17) is 9.84 Å². The maximum Gasteiger partial charge on any atom is 0.341 e. The third-order valence-corrected chi connectivity index (χ3v) is 2.36. The fourth-order valence-corrected chi connectivity index (χ4v) is 1.47. The monoisotopic (exact) mass is 280 g/mol. The van der Waals surface area contributed by atoms with Gasteiger partial charge in [-0.2, -0.15) is 0 Å². The minimum atomic E-state index is -0.956. The second-order valence-electron chi connectivity index (χ2n) is 3.92. The Morgan fingerprint density at radius 3 is 2.75 bits per heavy atom. The summed E-state index contributed by atoms with van der Waals surface area (Å²) < 4.78 is 4.85. The van der Waals surface area contributed by atoms with Gasteiger partial charge < -0.3 is 15.2 Å². The van der Waals surface area contributed by atoms with Gasteiger partial charge >= 0.3 is 11.9 Å². The minimum absolute atomic E-state index is 0.0468. The number of ether oxygens (including phenoxy) is 1. The van der Waals surface area contributed by atoms with Crippen molar-refractivity contribution in [2.75, 3.05) is 11.9 Å². The number of rotatable bonds is 7. The SMILES string of the molecule is CCOC(=O)c1cccnc1NC(=O)CCCC(=O)O. The number of amides is 1. The molecule has 7 nitrogen and oxygen atoms in total. The molecule has 0 aromatic carbocycles. The molecule has 0 saturated heterocycles. The van der Waals surface area contributed by atoms with Crippen molar-refractivity contribution in [1.82, 2.24) is 4.98 Å². The van der Waals surface area contributed by atoms with E-state index in [9.17, 15) is 14.4 Å². The molecule has 108 valence electrons. The molecule has 20 heavy (non-hydrogen) atoms. The van der Waals surface area contributed by atoms with Crippen LogP contribution in [-0.4, -0.2) is 34.5 Å². The van der Waals surface area contributed by atoms with E-state index in [2.05, 4.69) is 10.3 Å². The standard InChI is InChI=1S/C13H16N2O5/c1-2-20-13(19)9-5-4-8-14-12(9)15-10(16)6-3-7-11(17)18/h4-5,8H,2-3,6-7H2,1H3,(H,17,18)(H,14,15,16). The number of esters is 1. The molecule has 7 heteroatoms. The van der Waals surface area contributed by atoms with Gasteiger partial charge in [-0.15, -0.1) is 0 Å². The number of nitrogens with zero attached hydrogens (tertiary/aromatic N) is 1. The zero-order chi connectivity index (χ0) is 15.0. The lowest BCUT2D eigenvalue weighted by molar-refractivity contribution is -0.137. The summed E-state index contributed by atoms with van der Waals surface area (Å²) >= 11 is 0. The molecule has 2 N–H and O–H groups in total. The van der Waals surface area contributed by atoms with E-state index in [1.807, 2.05) is 0 Å². The van der Waals surface area contributed by atoms with Crippen LogP contribution in [0.5, 0.6) is 0 Å². The van der Waals surface area contributed by atoms with Crippen LogP contribution in [0, 0.1) is 0 Å². The van der Waals surface area contributed by atoms with Gasteiger partial charge in [0.1, 0.15) is 11.4 Å². The van der Waals surface area contributed by atoms with Crippen molar-refractivity contribution in [3.05, 3.63) is 23.9 Å². The zero-order valence-corrected chi connectivity index (χ0v) is 11.1. The van der Waals surface area contributed by atoms with Gasteiger partial charge in [0.25, 0.3) is 0 Å². The van der Waals surface area contributed by atoms with Crippen molar-refractivity contribution in [1.29, 1.82) is 0 Å². The number of hydrogen-bond donors (Lipinski definition) is 2. The Hall–Kier alpha value is -2.44. The van der Waals surface area contributed by atoms with Gasteiger partial charge in [-0.3, -0.25) is 9.59 Å². The van der Waals surface area contributed by atoms with Crippen molar-refractivity contribution < 1.29 is 24.2 Å². The van der Waals surface area contributed by atoms with Crippen LogP contribution in [0.1, 0.15) is 36.5 Å². The first-order chi connectivity index (χ1) is 9.54. The summed E-state index contributed by atoms with van der Waals surface area (Å²) in [5, 5.41) is 11.0. The second kappa shape index (κ2) is 7.88. The van der Waals surface area contributed by atoms with Crippen LogP contribution < -0.4 is 5.32 Å². The minimum Gasteiger partial charge on any atom is -0.481 e. The molecule has 0 aliphatic carbocycles. The first kappa shape index (κ1) is 15.6. The van der Waals surface area contributed by atoms with Crippen LogP contribution in [0.3, 0.4) is 0 Å². The highest BCUT2D eigenvalue weighted by Gasteiger charge is 2.15. The maximum atomic E-state index is 11.7. The Morgan fingerprint density at radius 2 is 2.10 bits per heavy atom. The summed E-state index contributed by atoms with van der Waals surface area (Å²) in [6.45, 7) is 1.90. The van der Waals surface area contributed by atoms with Gasteiger partial charge in [-0.1, -0.05) is 0 Å². The molecule has 0 atom stereocenters. The molecular weight excluding hydrogens is 264 g/mol. The number of anilines is 1. The lowest BCUT2D eigenvalue weighted by Gasteiger charge is -2.08. The van der Waals surface area contributed by atoms with Crippen LogP contribution in [-0.2, 0) is 14.3 Å². The lowest BCUT2D eigenvalue weighted by atomic mass is 10.2. The van der Waals surface area contributed by atoms with E-state index in [-0.39, 0.29) is 37.3 Å². The van der Waals surface area contributed by atoms with E-state index >= 15 is 0 Å². The fourth-order valence-electron chi connectivity index (χ4n) is 1.47. The Morgan fingerprint density at radius 1 is 1.35 bits per heavy atom. The average molecular weight is 280 g/mol. The van der Waals surface area contributed by atoms with Crippen LogP contribution in [0.15, 0.2) is 18.3 Å². The Balaban J connectivity index is 2.65. The van der Waals surface area contributed by atoms with Crippen LogP contribution in [0.2, 0.25) is 0 Å². The number of carboxylic acid groups (broad SMARTS) is 1. The molecule has 0 unspecified atom stereocenters.